The summed E-state index contributed by atoms with van der Waals surface area (Å²) < 4.78 is 9.19. The van der Waals surface area contributed by atoms with Crippen molar-refractivity contribution in [1.29, 1.82) is 0 Å². The van der Waals surface area contributed by atoms with Gasteiger partial charge in [-0.3, -0.25) is 33.7 Å². The first-order valence-corrected chi connectivity index (χ1v) is 10.3. The molecule has 0 fully saturated rings. The first-order valence-electron chi connectivity index (χ1n) is 10.3. The standard InChI is InChI=1S/C24H22N2O8/c1-33-20(28)13-25(14-21(29)34-2)24(32)18(12-19(27)15-8-4-3-5-9-15)26-22(30)16-10-6-7-11-17(16)23(26)31/h3-11,18H,12-14H2,1-2H3/t18-/m0/s1. The SMILES string of the molecule is COC(=O)CN(CC(=O)OC)C(=O)[C@H](CC(=O)c1ccccc1)N1C(=O)c2ccccc2C1=O. The Morgan fingerprint density at radius 3 is 1.74 bits per heavy atom. The number of imide groups is 1. The second kappa shape index (κ2) is 10.5. The number of carbonyl (C=O) groups is 6. The summed E-state index contributed by atoms with van der Waals surface area (Å²) in [7, 11) is 2.20. The average molecular weight is 466 g/mol. The molecule has 0 N–H and O–H groups in total. The number of methoxy groups -OCH3 is 2. The lowest BCUT2D eigenvalue weighted by molar-refractivity contribution is -0.153. The van der Waals surface area contributed by atoms with Crippen LogP contribution in [0.3, 0.4) is 0 Å². The molecule has 34 heavy (non-hydrogen) atoms. The zero-order chi connectivity index (χ0) is 24.8. The fourth-order valence-electron chi connectivity index (χ4n) is 3.56. The predicted octanol–water partition coefficient (Wildman–Crippen LogP) is 1.10. The summed E-state index contributed by atoms with van der Waals surface area (Å²) in [4.78, 5) is 78.0. The van der Waals surface area contributed by atoms with Gasteiger partial charge in [0.15, 0.2) is 5.78 Å². The Morgan fingerprint density at radius 1 is 0.794 bits per heavy atom. The third kappa shape index (κ3) is 5.01. The molecule has 2 aromatic carbocycles. The van der Waals surface area contributed by atoms with Gasteiger partial charge in [0, 0.05) is 12.0 Å². The van der Waals surface area contributed by atoms with E-state index >= 15 is 0 Å². The topological polar surface area (TPSA) is 127 Å². The second-order valence-corrected chi connectivity index (χ2v) is 7.38. The van der Waals surface area contributed by atoms with E-state index in [1.807, 2.05) is 0 Å². The Morgan fingerprint density at radius 2 is 1.26 bits per heavy atom. The molecular formula is C24H22N2O8. The van der Waals surface area contributed by atoms with Gasteiger partial charge in [-0.2, -0.15) is 0 Å². The molecule has 0 aromatic heterocycles. The molecule has 1 aliphatic rings. The molecule has 0 radical (unpaired) electrons. The maximum Gasteiger partial charge on any atom is 0.325 e. The number of nitrogens with zero attached hydrogens (tertiary/aromatic N) is 2. The van der Waals surface area contributed by atoms with E-state index in [1.54, 1.807) is 30.3 Å². The minimum atomic E-state index is -1.60. The molecule has 0 saturated heterocycles. The number of fused-ring (bicyclic) bond motifs is 1. The van der Waals surface area contributed by atoms with Crippen LogP contribution >= 0.6 is 0 Å². The fourth-order valence-corrected chi connectivity index (χ4v) is 3.56. The van der Waals surface area contributed by atoms with Crippen molar-refractivity contribution < 1.29 is 38.2 Å². The van der Waals surface area contributed by atoms with Crippen LogP contribution in [-0.4, -0.2) is 78.6 Å². The number of Topliss-reactive ketones (excluding diaryl/α,β-unsaturated/α-hetero) is 1. The summed E-state index contributed by atoms with van der Waals surface area (Å²) >= 11 is 0. The third-order valence-corrected chi connectivity index (χ3v) is 5.30. The van der Waals surface area contributed by atoms with Crippen LogP contribution in [0.25, 0.3) is 0 Å². The summed E-state index contributed by atoms with van der Waals surface area (Å²) in [6, 6.07) is 12.5. The molecule has 2 aromatic rings. The molecule has 1 heterocycles. The Hall–Kier alpha value is -4.34. The molecule has 0 saturated carbocycles. The van der Waals surface area contributed by atoms with Gasteiger partial charge in [0.2, 0.25) is 5.91 Å². The van der Waals surface area contributed by atoms with Crippen LogP contribution in [0, 0.1) is 0 Å². The van der Waals surface area contributed by atoms with E-state index in [9.17, 15) is 28.8 Å². The molecule has 0 aliphatic carbocycles. The highest BCUT2D eigenvalue weighted by Crippen LogP contribution is 2.27. The summed E-state index contributed by atoms with van der Waals surface area (Å²) in [5.41, 5.74) is 0.444. The van der Waals surface area contributed by atoms with Crippen molar-refractivity contribution in [1.82, 2.24) is 9.80 Å². The van der Waals surface area contributed by atoms with Gasteiger partial charge in [-0.05, 0) is 12.1 Å². The lowest BCUT2D eigenvalue weighted by Crippen LogP contribution is -2.54. The van der Waals surface area contributed by atoms with Gasteiger partial charge in [0.25, 0.3) is 11.8 Å². The van der Waals surface area contributed by atoms with Crippen LogP contribution in [0.5, 0.6) is 0 Å². The maximum absolute atomic E-state index is 13.6. The monoisotopic (exact) mass is 466 g/mol. The van der Waals surface area contributed by atoms with Crippen LogP contribution in [0.2, 0.25) is 0 Å². The highest BCUT2D eigenvalue weighted by Gasteiger charge is 2.45. The number of carbonyl (C=O) groups excluding carboxylic acids is 6. The summed E-state index contributed by atoms with van der Waals surface area (Å²) in [5, 5.41) is 0. The van der Waals surface area contributed by atoms with Crippen molar-refractivity contribution in [2.24, 2.45) is 0 Å². The lowest BCUT2D eigenvalue weighted by Gasteiger charge is -2.30. The molecule has 176 valence electrons. The fraction of sp³-hybridized carbons (Fsp3) is 0.250. The number of ether oxygens (including phenoxy) is 2. The second-order valence-electron chi connectivity index (χ2n) is 7.38. The maximum atomic E-state index is 13.6. The quantitative estimate of drug-likeness (QED) is 0.305. The number of amides is 3. The Bertz CT molecular complexity index is 1090. The Kier molecular flexibility index (Phi) is 7.52. The molecule has 0 bridgehead atoms. The molecule has 0 unspecified atom stereocenters. The third-order valence-electron chi connectivity index (χ3n) is 5.30. The number of hydrogen-bond donors (Lipinski definition) is 0. The molecular weight excluding hydrogens is 444 g/mol. The van der Waals surface area contributed by atoms with Gasteiger partial charge in [0.1, 0.15) is 19.1 Å². The van der Waals surface area contributed by atoms with Gasteiger partial charge in [-0.1, -0.05) is 42.5 Å². The molecule has 1 atom stereocenters. The number of hydrogen-bond acceptors (Lipinski definition) is 8. The molecule has 10 heteroatoms. The number of benzene rings is 2. The van der Waals surface area contributed by atoms with Crippen molar-refractivity contribution in [3.63, 3.8) is 0 Å². The largest absolute Gasteiger partial charge is 0.468 e. The first-order chi connectivity index (χ1) is 16.3. The van der Waals surface area contributed by atoms with Gasteiger partial charge < -0.3 is 14.4 Å². The van der Waals surface area contributed by atoms with Crippen LogP contribution in [0.1, 0.15) is 37.5 Å². The average Bonchev–Trinajstić information content (AvgIpc) is 3.11. The first kappa shape index (κ1) is 24.3. The number of ketones is 1. The number of esters is 2. The van der Waals surface area contributed by atoms with Gasteiger partial charge in [-0.25, -0.2) is 0 Å². The smallest absolute Gasteiger partial charge is 0.325 e. The van der Waals surface area contributed by atoms with Crippen molar-refractivity contribution >= 4 is 35.4 Å². The minimum absolute atomic E-state index is 0.0879. The van der Waals surface area contributed by atoms with Crippen molar-refractivity contribution in [3.05, 3.63) is 71.3 Å². The molecule has 3 rings (SSSR count). The van der Waals surface area contributed by atoms with E-state index in [4.69, 9.17) is 0 Å². The van der Waals surface area contributed by atoms with E-state index in [0.29, 0.717) is 4.90 Å². The van der Waals surface area contributed by atoms with E-state index in [0.717, 1.165) is 19.1 Å². The van der Waals surface area contributed by atoms with Crippen LogP contribution in [-0.2, 0) is 23.9 Å². The van der Waals surface area contributed by atoms with Crippen molar-refractivity contribution in [2.75, 3.05) is 27.3 Å². The number of rotatable bonds is 9. The highest BCUT2D eigenvalue weighted by molar-refractivity contribution is 6.23. The van der Waals surface area contributed by atoms with E-state index < -0.39 is 61.0 Å². The predicted molar refractivity (Wildman–Crippen MR) is 117 cm³/mol. The van der Waals surface area contributed by atoms with E-state index in [1.165, 1.54) is 24.3 Å². The van der Waals surface area contributed by atoms with Crippen LogP contribution in [0.4, 0.5) is 0 Å². The highest BCUT2D eigenvalue weighted by atomic mass is 16.5. The van der Waals surface area contributed by atoms with Crippen molar-refractivity contribution in [2.45, 2.75) is 12.5 Å². The molecule has 1 aliphatic heterocycles. The summed E-state index contributed by atoms with van der Waals surface area (Å²) in [6.07, 6.45) is -0.548. The zero-order valence-corrected chi connectivity index (χ0v) is 18.6. The summed E-state index contributed by atoms with van der Waals surface area (Å²) in [5.74, 6) is -4.64. The van der Waals surface area contributed by atoms with Gasteiger partial charge in [-0.15, -0.1) is 0 Å². The molecule has 10 nitrogen and oxygen atoms in total. The van der Waals surface area contributed by atoms with Crippen LogP contribution in [0.15, 0.2) is 54.6 Å². The van der Waals surface area contributed by atoms with Gasteiger partial charge >= 0.3 is 11.9 Å². The van der Waals surface area contributed by atoms with E-state index in [2.05, 4.69) is 9.47 Å². The van der Waals surface area contributed by atoms with E-state index in [-0.39, 0.29) is 16.7 Å². The minimum Gasteiger partial charge on any atom is -0.468 e. The molecule has 0 spiro atoms. The van der Waals surface area contributed by atoms with Crippen LogP contribution < -0.4 is 0 Å². The normalized spacial score (nSPS) is 13.2. The zero-order valence-electron chi connectivity index (χ0n) is 18.6. The van der Waals surface area contributed by atoms with Crippen molar-refractivity contribution in [3.8, 4) is 0 Å². The lowest BCUT2D eigenvalue weighted by atomic mass is 10.0. The Balaban J connectivity index is 2.01. The summed E-state index contributed by atoms with van der Waals surface area (Å²) in [6.45, 7) is -1.30. The van der Waals surface area contributed by atoms with Gasteiger partial charge in [0.05, 0.1) is 25.3 Å². The Labute approximate surface area is 195 Å². The molecule has 3 amide bonds.